The Labute approximate surface area is 113 Å². The van der Waals surface area contributed by atoms with Crippen LogP contribution in [0.15, 0.2) is 4.42 Å². The number of nitrogens with one attached hydrogen (secondary N) is 2. The molecule has 0 aromatic carbocycles. The van der Waals surface area contributed by atoms with E-state index in [0.29, 0.717) is 12.4 Å². The fraction of sp³-hybridized carbons (Fsp3) is 0.714. The molecule has 3 rings (SSSR count). The molecule has 1 unspecified atom stereocenters. The first kappa shape index (κ1) is 12.7. The molecule has 5 heteroatoms. The minimum absolute atomic E-state index is 0.162. The summed E-state index contributed by atoms with van der Waals surface area (Å²) in [5, 5.41) is 6.31. The lowest BCUT2D eigenvalue weighted by atomic mass is 9.92. The number of nitrogens with zero attached hydrogens (tertiary/aromatic N) is 1. The summed E-state index contributed by atoms with van der Waals surface area (Å²) in [5.74, 6) is 1.79. The van der Waals surface area contributed by atoms with Gasteiger partial charge in [-0.15, -0.1) is 0 Å². The molecule has 0 radical (unpaired) electrons. The molecule has 5 nitrogen and oxygen atoms in total. The quantitative estimate of drug-likeness (QED) is 0.862. The number of rotatable bonds is 3. The van der Waals surface area contributed by atoms with Crippen LogP contribution in [0.3, 0.4) is 0 Å². The summed E-state index contributed by atoms with van der Waals surface area (Å²) in [6.07, 6.45) is 3.30. The van der Waals surface area contributed by atoms with Crippen LogP contribution >= 0.6 is 0 Å². The maximum absolute atomic E-state index is 12.1. The number of aromatic nitrogens is 1. The van der Waals surface area contributed by atoms with E-state index in [1.807, 2.05) is 13.8 Å². The molecular weight excluding hydrogens is 242 g/mol. The molecule has 19 heavy (non-hydrogen) atoms. The van der Waals surface area contributed by atoms with E-state index in [9.17, 15) is 4.79 Å². The molecule has 104 valence electrons. The number of hydrogen-bond donors (Lipinski definition) is 2. The van der Waals surface area contributed by atoms with E-state index in [0.717, 1.165) is 43.8 Å². The van der Waals surface area contributed by atoms with Crippen LogP contribution in [0.2, 0.25) is 0 Å². The average Bonchev–Trinajstić information content (AvgIpc) is 2.99. The first-order valence-electron chi connectivity index (χ1n) is 7.02. The van der Waals surface area contributed by atoms with Crippen molar-refractivity contribution in [3.8, 4) is 0 Å². The summed E-state index contributed by atoms with van der Waals surface area (Å²) in [4.78, 5) is 16.4. The average molecular weight is 263 g/mol. The molecule has 1 aromatic heterocycles. The summed E-state index contributed by atoms with van der Waals surface area (Å²) >= 11 is 0. The minimum Gasteiger partial charge on any atom is -0.444 e. The zero-order chi connectivity index (χ0) is 13.5. The molecule has 1 amide bonds. The molecule has 2 aliphatic rings. The van der Waals surface area contributed by atoms with Crippen LogP contribution in [0.4, 0.5) is 0 Å². The van der Waals surface area contributed by atoms with Crippen LogP contribution < -0.4 is 10.6 Å². The number of oxazole rings is 1. The third-order valence-corrected chi connectivity index (χ3v) is 4.59. The van der Waals surface area contributed by atoms with E-state index in [1.165, 1.54) is 0 Å². The smallest absolute Gasteiger partial charge is 0.224 e. The molecule has 1 spiro atoms. The number of hydrogen-bond acceptors (Lipinski definition) is 4. The van der Waals surface area contributed by atoms with Gasteiger partial charge in [0.25, 0.3) is 0 Å². The van der Waals surface area contributed by atoms with Crippen LogP contribution in [0.5, 0.6) is 0 Å². The molecule has 1 aromatic rings. The van der Waals surface area contributed by atoms with Gasteiger partial charge >= 0.3 is 0 Å². The van der Waals surface area contributed by atoms with Crippen LogP contribution in [0.1, 0.15) is 36.6 Å². The van der Waals surface area contributed by atoms with Gasteiger partial charge in [-0.05, 0) is 51.6 Å². The van der Waals surface area contributed by atoms with Crippen molar-refractivity contribution in [1.82, 2.24) is 15.6 Å². The maximum Gasteiger partial charge on any atom is 0.224 e. The van der Waals surface area contributed by atoms with Crippen molar-refractivity contribution < 1.29 is 9.21 Å². The first-order chi connectivity index (χ1) is 9.11. The van der Waals surface area contributed by atoms with E-state index in [2.05, 4.69) is 15.6 Å². The third-order valence-electron chi connectivity index (χ3n) is 4.59. The van der Waals surface area contributed by atoms with Crippen molar-refractivity contribution in [2.24, 2.45) is 11.3 Å². The Bertz CT molecular complexity index is 469. The molecule has 1 saturated carbocycles. The van der Waals surface area contributed by atoms with E-state index < -0.39 is 0 Å². The number of piperidine rings is 1. The lowest BCUT2D eigenvalue weighted by molar-refractivity contribution is -0.123. The van der Waals surface area contributed by atoms with Gasteiger partial charge < -0.3 is 15.1 Å². The summed E-state index contributed by atoms with van der Waals surface area (Å²) in [6.45, 7) is 6.29. The SMILES string of the molecule is Cc1nc(CNC(=O)C2CC23CCNCC3)oc1C. The highest BCUT2D eigenvalue weighted by Crippen LogP contribution is 2.58. The Morgan fingerprint density at radius 1 is 1.47 bits per heavy atom. The van der Waals surface area contributed by atoms with Gasteiger partial charge in [-0.3, -0.25) is 4.79 Å². The maximum atomic E-state index is 12.1. The Hall–Kier alpha value is -1.36. The summed E-state index contributed by atoms with van der Waals surface area (Å²) in [5.41, 5.74) is 1.18. The molecule has 2 heterocycles. The van der Waals surface area contributed by atoms with Crippen molar-refractivity contribution in [2.45, 2.75) is 39.7 Å². The zero-order valence-corrected chi connectivity index (χ0v) is 11.6. The largest absolute Gasteiger partial charge is 0.444 e. The monoisotopic (exact) mass is 263 g/mol. The molecule has 2 fully saturated rings. The van der Waals surface area contributed by atoms with Gasteiger partial charge in [0, 0.05) is 5.92 Å². The summed E-state index contributed by atoms with van der Waals surface area (Å²) < 4.78 is 5.47. The van der Waals surface area contributed by atoms with Crippen LogP contribution in [-0.2, 0) is 11.3 Å². The zero-order valence-electron chi connectivity index (χ0n) is 11.6. The van der Waals surface area contributed by atoms with Gasteiger partial charge in [0.1, 0.15) is 5.76 Å². The van der Waals surface area contributed by atoms with Gasteiger partial charge in [-0.1, -0.05) is 0 Å². The van der Waals surface area contributed by atoms with Gasteiger partial charge in [-0.25, -0.2) is 4.98 Å². The lowest BCUT2D eigenvalue weighted by Crippen LogP contribution is -2.33. The molecule has 2 N–H and O–H groups in total. The normalized spacial score (nSPS) is 24.4. The summed E-state index contributed by atoms with van der Waals surface area (Å²) in [7, 11) is 0. The topological polar surface area (TPSA) is 67.2 Å². The fourth-order valence-corrected chi connectivity index (χ4v) is 3.10. The van der Waals surface area contributed by atoms with E-state index in [-0.39, 0.29) is 17.2 Å². The standard InChI is InChI=1S/C14H21N3O2/c1-9-10(2)19-12(17-9)8-16-13(18)11-7-14(11)3-5-15-6-4-14/h11,15H,3-8H2,1-2H3,(H,16,18). The number of carbonyl (C=O) groups is 1. The Kier molecular flexibility index (Phi) is 3.09. The van der Waals surface area contributed by atoms with Gasteiger partial charge in [-0.2, -0.15) is 0 Å². The highest BCUT2D eigenvalue weighted by molar-refractivity contribution is 5.82. The van der Waals surface area contributed by atoms with Crippen molar-refractivity contribution >= 4 is 5.91 Å². The van der Waals surface area contributed by atoms with Crippen LogP contribution in [0.25, 0.3) is 0 Å². The second kappa shape index (κ2) is 4.63. The van der Waals surface area contributed by atoms with Crippen molar-refractivity contribution in [1.29, 1.82) is 0 Å². The Morgan fingerprint density at radius 2 is 2.21 bits per heavy atom. The van der Waals surface area contributed by atoms with Crippen molar-refractivity contribution in [2.75, 3.05) is 13.1 Å². The number of aryl methyl sites for hydroxylation is 2. The van der Waals surface area contributed by atoms with Crippen molar-refractivity contribution in [3.63, 3.8) is 0 Å². The van der Waals surface area contributed by atoms with E-state index in [1.54, 1.807) is 0 Å². The highest BCUT2D eigenvalue weighted by atomic mass is 16.4. The van der Waals surface area contributed by atoms with Gasteiger partial charge in [0.05, 0.1) is 12.2 Å². The Balaban J connectivity index is 1.52. The van der Waals surface area contributed by atoms with Crippen molar-refractivity contribution in [3.05, 3.63) is 17.3 Å². The predicted molar refractivity (Wildman–Crippen MR) is 70.5 cm³/mol. The summed E-state index contributed by atoms with van der Waals surface area (Å²) in [6, 6.07) is 0. The molecule has 1 saturated heterocycles. The molecule has 1 atom stereocenters. The van der Waals surface area contributed by atoms with Crippen LogP contribution in [-0.4, -0.2) is 24.0 Å². The van der Waals surface area contributed by atoms with E-state index >= 15 is 0 Å². The third kappa shape index (κ3) is 2.39. The predicted octanol–water partition coefficient (Wildman–Crippen LogP) is 1.30. The molecular formula is C14H21N3O2. The number of amides is 1. The molecule has 1 aliphatic carbocycles. The van der Waals surface area contributed by atoms with E-state index in [4.69, 9.17) is 4.42 Å². The first-order valence-corrected chi connectivity index (χ1v) is 7.02. The second-order valence-corrected chi connectivity index (χ2v) is 5.84. The van der Waals surface area contributed by atoms with Gasteiger partial charge in [0.2, 0.25) is 11.8 Å². The molecule has 1 aliphatic heterocycles. The van der Waals surface area contributed by atoms with Gasteiger partial charge in [0.15, 0.2) is 0 Å². The lowest BCUT2D eigenvalue weighted by Gasteiger charge is -2.23. The fourth-order valence-electron chi connectivity index (χ4n) is 3.10. The minimum atomic E-state index is 0.162. The van der Waals surface area contributed by atoms with Crippen LogP contribution in [0, 0.1) is 25.2 Å². The molecule has 0 bridgehead atoms. The highest BCUT2D eigenvalue weighted by Gasteiger charge is 2.57. The number of carbonyl (C=O) groups excluding carboxylic acids is 1. The Morgan fingerprint density at radius 3 is 2.84 bits per heavy atom. The second-order valence-electron chi connectivity index (χ2n) is 5.84.